The predicted molar refractivity (Wildman–Crippen MR) is 97.5 cm³/mol. The van der Waals surface area contributed by atoms with Crippen molar-refractivity contribution in [3.05, 3.63) is 52.6 Å². The second-order valence-corrected chi connectivity index (χ2v) is 8.95. The number of aryl methyl sites for hydroxylation is 1. The monoisotopic (exact) mass is 357 g/mol. The van der Waals surface area contributed by atoms with Gasteiger partial charge in [-0.2, -0.15) is 0 Å². The number of aromatic nitrogens is 3. The summed E-state index contributed by atoms with van der Waals surface area (Å²) in [7, 11) is -2.93. The lowest BCUT2D eigenvalue weighted by Crippen LogP contribution is -2.26. The summed E-state index contributed by atoms with van der Waals surface area (Å²) in [5.41, 5.74) is 2.21. The number of nitrogens with one attached hydrogen (secondary N) is 1. The van der Waals surface area contributed by atoms with E-state index in [2.05, 4.69) is 9.97 Å². The highest BCUT2D eigenvalue weighted by Gasteiger charge is 2.26. The van der Waals surface area contributed by atoms with Crippen LogP contribution in [0.25, 0.3) is 22.3 Å². The maximum atomic E-state index is 12.6. The third-order valence-electron chi connectivity index (χ3n) is 4.83. The highest BCUT2D eigenvalue weighted by atomic mass is 32.2. The fourth-order valence-corrected chi connectivity index (χ4v) is 4.92. The smallest absolute Gasteiger partial charge is 0.259 e. The van der Waals surface area contributed by atoms with Gasteiger partial charge in [0.15, 0.2) is 0 Å². The fraction of sp³-hybridized carbons (Fsp3) is 0.333. The SMILES string of the molecule is Cc1ccc2cc(-c3nccn3C3CCS(=O)(=O)CC3)c(=O)[nH]c2c1. The summed E-state index contributed by atoms with van der Waals surface area (Å²) in [5, 5.41) is 0.945. The number of rotatable bonds is 2. The van der Waals surface area contributed by atoms with Crippen molar-refractivity contribution in [2.75, 3.05) is 11.5 Å². The van der Waals surface area contributed by atoms with Crippen LogP contribution >= 0.6 is 0 Å². The van der Waals surface area contributed by atoms with Gasteiger partial charge in [0.05, 0.1) is 17.1 Å². The van der Waals surface area contributed by atoms with Crippen molar-refractivity contribution in [1.29, 1.82) is 0 Å². The van der Waals surface area contributed by atoms with Crippen molar-refractivity contribution in [3.8, 4) is 11.4 Å². The van der Waals surface area contributed by atoms with E-state index in [0.717, 1.165) is 16.5 Å². The number of hydrogen-bond donors (Lipinski definition) is 1. The number of imidazole rings is 1. The van der Waals surface area contributed by atoms with Gasteiger partial charge in [-0.1, -0.05) is 12.1 Å². The third kappa shape index (κ3) is 3.00. The van der Waals surface area contributed by atoms with Crippen LogP contribution in [-0.2, 0) is 9.84 Å². The summed E-state index contributed by atoms with van der Waals surface area (Å²) in [6.45, 7) is 1.98. The largest absolute Gasteiger partial charge is 0.328 e. The van der Waals surface area contributed by atoms with Crippen LogP contribution in [-0.4, -0.2) is 34.5 Å². The van der Waals surface area contributed by atoms with Gasteiger partial charge in [0.1, 0.15) is 15.7 Å². The molecule has 1 fully saturated rings. The first-order valence-corrected chi connectivity index (χ1v) is 10.1. The van der Waals surface area contributed by atoms with Gasteiger partial charge in [-0.3, -0.25) is 4.79 Å². The summed E-state index contributed by atoms with van der Waals surface area (Å²) < 4.78 is 25.3. The number of nitrogens with zero attached hydrogens (tertiary/aromatic N) is 2. The molecule has 4 rings (SSSR count). The maximum absolute atomic E-state index is 12.6. The highest BCUT2D eigenvalue weighted by molar-refractivity contribution is 7.91. The van der Waals surface area contributed by atoms with E-state index in [1.807, 2.05) is 42.0 Å². The first-order chi connectivity index (χ1) is 11.9. The average Bonchev–Trinajstić information content (AvgIpc) is 3.03. The Kier molecular flexibility index (Phi) is 3.76. The quantitative estimate of drug-likeness (QED) is 0.763. The van der Waals surface area contributed by atoms with Crippen LogP contribution < -0.4 is 5.56 Å². The van der Waals surface area contributed by atoms with Gasteiger partial charge < -0.3 is 9.55 Å². The van der Waals surface area contributed by atoms with Gasteiger partial charge in [-0.05, 0) is 42.8 Å². The van der Waals surface area contributed by atoms with Crippen LogP contribution in [0.2, 0.25) is 0 Å². The Labute approximate surface area is 145 Å². The molecule has 7 heteroatoms. The lowest BCUT2D eigenvalue weighted by atomic mass is 10.1. The summed E-state index contributed by atoms with van der Waals surface area (Å²) in [6, 6.07) is 7.83. The van der Waals surface area contributed by atoms with Crippen molar-refractivity contribution >= 4 is 20.7 Å². The summed E-state index contributed by atoms with van der Waals surface area (Å²) in [6.07, 6.45) is 4.60. The van der Waals surface area contributed by atoms with E-state index in [-0.39, 0.29) is 23.1 Å². The van der Waals surface area contributed by atoms with Crippen LogP contribution in [0.4, 0.5) is 0 Å². The summed E-state index contributed by atoms with van der Waals surface area (Å²) in [4.78, 5) is 19.9. The number of H-pyrrole nitrogens is 1. The number of benzene rings is 1. The van der Waals surface area contributed by atoms with Gasteiger partial charge in [0, 0.05) is 24.0 Å². The number of pyridine rings is 1. The van der Waals surface area contributed by atoms with Crippen molar-refractivity contribution in [3.63, 3.8) is 0 Å². The van der Waals surface area contributed by atoms with Gasteiger partial charge in [-0.25, -0.2) is 13.4 Å². The Morgan fingerprint density at radius 2 is 1.96 bits per heavy atom. The van der Waals surface area contributed by atoms with Crippen molar-refractivity contribution in [2.24, 2.45) is 0 Å². The van der Waals surface area contributed by atoms with Crippen molar-refractivity contribution in [2.45, 2.75) is 25.8 Å². The molecule has 6 nitrogen and oxygen atoms in total. The highest BCUT2D eigenvalue weighted by Crippen LogP contribution is 2.28. The Hall–Kier alpha value is -2.41. The molecule has 0 atom stereocenters. The molecule has 1 aliphatic heterocycles. The van der Waals surface area contributed by atoms with Gasteiger partial charge in [0.2, 0.25) is 0 Å². The zero-order valence-corrected chi connectivity index (χ0v) is 14.7. The number of fused-ring (bicyclic) bond motifs is 1. The molecule has 0 saturated carbocycles. The number of aromatic amines is 1. The van der Waals surface area contributed by atoms with E-state index >= 15 is 0 Å². The Morgan fingerprint density at radius 3 is 2.72 bits per heavy atom. The average molecular weight is 357 g/mol. The molecule has 0 amide bonds. The summed E-state index contributed by atoms with van der Waals surface area (Å²) >= 11 is 0. The molecule has 1 aliphatic rings. The molecule has 3 aromatic rings. The molecule has 0 unspecified atom stereocenters. The first-order valence-electron chi connectivity index (χ1n) is 8.30. The van der Waals surface area contributed by atoms with E-state index in [4.69, 9.17) is 0 Å². The first kappa shape index (κ1) is 16.1. The Bertz CT molecular complexity index is 1100. The topological polar surface area (TPSA) is 84.8 Å². The minimum atomic E-state index is -2.93. The molecule has 25 heavy (non-hydrogen) atoms. The van der Waals surface area contributed by atoms with Crippen LogP contribution in [0.1, 0.15) is 24.4 Å². The van der Waals surface area contributed by atoms with Crippen LogP contribution in [0.3, 0.4) is 0 Å². The minimum Gasteiger partial charge on any atom is -0.328 e. The second kappa shape index (κ2) is 5.84. The standard InChI is InChI=1S/C18H19N3O3S/c1-12-2-3-13-11-15(18(22)20-16(13)10-12)17-19-6-7-21(17)14-4-8-25(23,24)9-5-14/h2-3,6-7,10-11,14H,4-5,8-9H2,1H3,(H,20,22). The van der Waals surface area contributed by atoms with Crippen LogP contribution in [0.5, 0.6) is 0 Å². The molecular weight excluding hydrogens is 338 g/mol. The van der Waals surface area contributed by atoms with E-state index in [1.54, 1.807) is 6.20 Å². The van der Waals surface area contributed by atoms with E-state index in [9.17, 15) is 13.2 Å². The molecule has 3 heterocycles. The lowest BCUT2D eigenvalue weighted by molar-refractivity contribution is 0.453. The van der Waals surface area contributed by atoms with Crippen molar-refractivity contribution in [1.82, 2.24) is 14.5 Å². The normalized spacial score (nSPS) is 17.8. The van der Waals surface area contributed by atoms with Crippen LogP contribution in [0.15, 0.2) is 41.5 Å². The predicted octanol–water partition coefficient (Wildman–Crippen LogP) is 2.45. The molecule has 0 spiro atoms. The Morgan fingerprint density at radius 1 is 1.20 bits per heavy atom. The molecule has 1 N–H and O–H groups in total. The zero-order valence-electron chi connectivity index (χ0n) is 13.9. The molecule has 0 radical (unpaired) electrons. The number of hydrogen-bond acceptors (Lipinski definition) is 4. The summed E-state index contributed by atoms with van der Waals surface area (Å²) in [5.74, 6) is 0.957. The molecule has 130 valence electrons. The molecule has 0 bridgehead atoms. The van der Waals surface area contributed by atoms with E-state index in [0.29, 0.717) is 24.2 Å². The van der Waals surface area contributed by atoms with Crippen molar-refractivity contribution < 1.29 is 8.42 Å². The molecule has 0 aliphatic carbocycles. The van der Waals surface area contributed by atoms with Crippen LogP contribution in [0, 0.1) is 6.92 Å². The minimum absolute atomic E-state index is 0.0501. The second-order valence-electron chi connectivity index (χ2n) is 6.64. The molecule has 1 aromatic carbocycles. The zero-order chi connectivity index (χ0) is 17.6. The van der Waals surface area contributed by atoms with Gasteiger partial charge in [-0.15, -0.1) is 0 Å². The lowest BCUT2D eigenvalue weighted by Gasteiger charge is -2.24. The Balaban J connectivity index is 1.78. The van der Waals surface area contributed by atoms with E-state index in [1.165, 1.54) is 0 Å². The molecular formula is C18H19N3O3S. The van der Waals surface area contributed by atoms with E-state index < -0.39 is 9.84 Å². The molecule has 2 aromatic heterocycles. The fourth-order valence-electron chi connectivity index (χ4n) is 3.45. The van der Waals surface area contributed by atoms with Gasteiger partial charge in [0.25, 0.3) is 5.56 Å². The third-order valence-corrected chi connectivity index (χ3v) is 6.54. The maximum Gasteiger partial charge on any atom is 0.259 e. The van der Waals surface area contributed by atoms with Gasteiger partial charge >= 0.3 is 0 Å². The molecule has 1 saturated heterocycles. The number of sulfone groups is 1.